The molecule has 0 aliphatic heterocycles. The molecule has 0 fully saturated rings. The number of ether oxygens (including phenoxy) is 1. The second-order valence-electron chi connectivity index (χ2n) is 6.50. The van der Waals surface area contributed by atoms with Crippen molar-refractivity contribution >= 4 is 27.7 Å². The van der Waals surface area contributed by atoms with Gasteiger partial charge < -0.3 is 20.0 Å². The van der Waals surface area contributed by atoms with Crippen LogP contribution in [0.25, 0.3) is 21.8 Å². The number of carbonyl (C=O) groups is 1. The molecule has 6 heteroatoms. The number of hydrogen-bond donors (Lipinski definition) is 3. The lowest BCUT2D eigenvalue weighted by atomic mass is 10.1. The van der Waals surface area contributed by atoms with Gasteiger partial charge >= 0.3 is 0 Å². The molecule has 138 valence electrons. The Morgan fingerprint density at radius 3 is 2.96 bits per heavy atom. The molecule has 4 rings (SSSR count). The van der Waals surface area contributed by atoms with Gasteiger partial charge in [0.1, 0.15) is 5.75 Å². The van der Waals surface area contributed by atoms with E-state index >= 15 is 0 Å². The fourth-order valence-corrected chi connectivity index (χ4v) is 3.24. The molecule has 6 nitrogen and oxygen atoms in total. The summed E-state index contributed by atoms with van der Waals surface area (Å²) in [5.74, 6) is 0.763. The highest BCUT2D eigenvalue weighted by atomic mass is 16.5. The Hall–Kier alpha value is -3.28. The first kappa shape index (κ1) is 17.1. The molecule has 0 saturated carbocycles. The first-order valence-corrected chi connectivity index (χ1v) is 9.18. The lowest BCUT2D eigenvalue weighted by Crippen LogP contribution is -2.25. The molecule has 0 saturated heterocycles. The van der Waals surface area contributed by atoms with Crippen LogP contribution >= 0.6 is 0 Å². The van der Waals surface area contributed by atoms with Crippen LogP contribution in [-0.2, 0) is 6.42 Å². The van der Waals surface area contributed by atoms with E-state index in [1.807, 2.05) is 30.6 Å². The van der Waals surface area contributed by atoms with Gasteiger partial charge in [-0.2, -0.15) is 0 Å². The summed E-state index contributed by atoms with van der Waals surface area (Å²) >= 11 is 0. The fourth-order valence-electron chi connectivity index (χ4n) is 3.24. The zero-order valence-corrected chi connectivity index (χ0v) is 15.2. The third kappa shape index (κ3) is 3.51. The van der Waals surface area contributed by atoms with Crippen LogP contribution in [0, 0.1) is 0 Å². The van der Waals surface area contributed by atoms with Crippen LogP contribution in [0.1, 0.15) is 29.3 Å². The molecule has 3 aromatic heterocycles. The van der Waals surface area contributed by atoms with Gasteiger partial charge in [0, 0.05) is 41.4 Å². The number of benzene rings is 1. The number of nitrogens with one attached hydrogen (secondary N) is 3. The van der Waals surface area contributed by atoms with E-state index in [4.69, 9.17) is 4.74 Å². The van der Waals surface area contributed by atoms with Gasteiger partial charge in [-0.3, -0.25) is 9.78 Å². The van der Waals surface area contributed by atoms with Gasteiger partial charge in [0.2, 0.25) is 0 Å². The fraction of sp³-hybridized carbons (Fsp3) is 0.238. The average molecular weight is 362 g/mol. The molecule has 1 aromatic carbocycles. The van der Waals surface area contributed by atoms with Crippen molar-refractivity contribution in [3.63, 3.8) is 0 Å². The minimum absolute atomic E-state index is 0.112. The minimum atomic E-state index is -0.112. The second kappa shape index (κ2) is 7.53. The monoisotopic (exact) mass is 362 g/mol. The van der Waals surface area contributed by atoms with Crippen molar-refractivity contribution < 1.29 is 9.53 Å². The molecule has 0 radical (unpaired) electrons. The Morgan fingerprint density at radius 2 is 2.07 bits per heavy atom. The third-order valence-corrected chi connectivity index (χ3v) is 4.61. The van der Waals surface area contributed by atoms with E-state index in [1.165, 1.54) is 0 Å². The van der Waals surface area contributed by atoms with E-state index in [2.05, 4.69) is 33.3 Å². The van der Waals surface area contributed by atoms with E-state index in [9.17, 15) is 4.79 Å². The lowest BCUT2D eigenvalue weighted by Gasteiger charge is -2.07. The predicted octanol–water partition coefficient (Wildman–Crippen LogP) is 3.81. The number of hydrogen-bond acceptors (Lipinski definition) is 3. The van der Waals surface area contributed by atoms with Crippen LogP contribution in [0.4, 0.5) is 0 Å². The number of carbonyl (C=O) groups excluding carboxylic acids is 1. The SMILES string of the molecule is CCCOc1ccc2[nH]cc(CCNC(=O)c3cncc4[nH]ccc34)c2c1. The maximum atomic E-state index is 12.5. The van der Waals surface area contributed by atoms with Crippen LogP contribution in [0.3, 0.4) is 0 Å². The maximum absolute atomic E-state index is 12.5. The largest absolute Gasteiger partial charge is 0.494 e. The molecule has 0 aliphatic carbocycles. The van der Waals surface area contributed by atoms with Crippen molar-refractivity contribution in [1.82, 2.24) is 20.3 Å². The van der Waals surface area contributed by atoms with Crippen molar-refractivity contribution in [3.8, 4) is 5.75 Å². The maximum Gasteiger partial charge on any atom is 0.253 e. The highest BCUT2D eigenvalue weighted by molar-refractivity contribution is 6.05. The number of aromatic amines is 2. The number of rotatable bonds is 7. The van der Waals surface area contributed by atoms with Crippen molar-refractivity contribution in [2.75, 3.05) is 13.2 Å². The first-order valence-electron chi connectivity index (χ1n) is 9.18. The molecular formula is C21H22N4O2. The quantitative estimate of drug-likeness (QED) is 0.467. The first-order chi connectivity index (χ1) is 13.3. The molecule has 3 N–H and O–H groups in total. The number of H-pyrrole nitrogens is 2. The van der Waals surface area contributed by atoms with Crippen LogP contribution < -0.4 is 10.1 Å². The van der Waals surface area contributed by atoms with Gasteiger partial charge in [-0.25, -0.2) is 0 Å². The summed E-state index contributed by atoms with van der Waals surface area (Å²) in [6.07, 6.45) is 8.85. The van der Waals surface area contributed by atoms with Crippen molar-refractivity contribution in [2.45, 2.75) is 19.8 Å². The summed E-state index contributed by atoms with van der Waals surface area (Å²) in [6.45, 7) is 3.35. The molecule has 4 aromatic rings. The molecule has 1 amide bonds. The van der Waals surface area contributed by atoms with Crippen molar-refractivity contribution in [2.24, 2.45) is 0 Å². The molecular weight excluding hydrogens is 340 g/mol. The van der Waals surface area contributed by atoms with E-state index in [0.29, 0.717) is 18.7 Å². The molecule has 0 spiro atoms. The van der Waals surface area contributed by atoms with Gasteiger partial charge in [-0.05, 0) is 42.7 Å². The Bertz CT molecular complexity index is 1080. The van der Waals surface area contributed by atoms with E-state index < -0.39 is 0 Å². The lowest BCUT2D eigenvalue weighted by molar-refractivity contribution is 0.0955. The zero-order valence-electron chi connectivity index (χ0n) is 15.2. The van der Waals surface area contributed by atoms with E-state index in [0.717, 1.165) is 46.0 Å². The second-order valence-corrected chi connectivity index (χ2v) is 6.50. The summed E-state index contributed by atoms with van der Waals surface area (Å²) in [5.41, 5.74) is 3.67. The molecule has 27 heavy (non-hydrogen) atoms. The Labute approximate surface area is 157 Å². The molecule has 0 bridgehead atoms. The number of fused-ring (bicyclic) bond motifs is 2. The molecule has 0 aliphatic rings. The summed E-state index contributed by atoms with van der Waals surface area (Å²) in [4.78, 5) is 23.0. The molecule has 0 unspecified atom stereocenters. The normalized spacial score (nSPS) is 11.1. The van der Waals surface area contributed by atoms with Gasteiger partial charge in [0.15, 0.2) is 0 Å². The van der Waals surface area contributed by atoms with Gasteiger partial charge in [0.05, 0.1) is 23.9 Å². The van der Waals surface area contributed by atoms with Crippen LogP contribution in [-0.4, -0.2) is 34.0 Å². The highest BCUT2D eigenvalue weighted by Gasteiger charge is 2.11. The molecule has 0 atom stereocenters. The number of aromatic nitrogens is 3. The van der Waals surface area contributed by atoms with Crippen LogP contribution in [0.15, 0.2) is 49.1 Å². The van der Waals surface area contributed by atoms with Crippen LogP contribution in [0.2, 0.25) is 0 Å². The summed E-state index contributed by atoms with van der Waals surface area (Å²) in [7, 11) is 0. The zero-order chi connectivity index (χ0) is 18.6. The third-order valence-electron chi connectivity index (χ3n) is 4.61. The molecule has 3 heterocycles. The Kier molecular flexibility index (Phi) is 4.78. The standard InChI is InChI=1S/C21H22N4O2/c1-2-9-27-15-3-4-19-17(10-15)14(11-25-19)5-7-24-21(26)18-12-22-13-20-16(18)6-8-23-20/h3-4,6,8,10-13,23,25H,2,5,7,9H2,1H3,(H,24,26). The topological polar surface area (TPSA) is 82.8 Å². The highest BCUT2D eigenvalue weighted by Crippen LogP contribution is 2.24. The van der Waals surface area contributed by atoms with Crippen LogP contribution in [0.5, 0.6) is 5.75 Å². The summed E-state index contributed by atoms with van der Waals surface area (Å²) in [6, 6.07) is 7.96. The number of pyridine rings is 1. The van der Waals surface area contributed by atoms with Crippen molar-refractivity contribution in [1.29, 1.82) is 0 Å². The van der Waals surface area contributed by atoms with E-state index in [1.54, 1.807) is 12.4 Å². The Morgan fingerprint density at radius 1 is 1.15 bits per heavy atom. The summed E-state index contributed by atoms with van der Waals surface area (Å²) < 4.78 is 5.73. The number of nitrogens with zero attached hydrogens (tertiary/aromatic N) is 1. The number of amides is 1. The van der Waals surface area contributed by atoms with Gasteiger partial charge in [-0.1, -0.05) is 6.92 Å². The minimum Gasteiger partial charge on any atom is -0.494 e. The van der Waals surface area contributed by atoms with Crippen molar-refractivity contribution in [3.05, 3.63) is 60.2 Å². The van der Waals surface area contributed by atoms with Gasteiger partial charge in [0.25, 0.3) is 5.91 Å². The average Bonchev–Trinajstić information content (AvgIpc) is 3.32. The van der Waals surface area contributed by atoms with E-state index in [-0.39, 0.29) is 5.91 Å². The predicted molar refractivity (Wildman–Crippen MR) is 106 cm³/mol. The summed E-state index contributed by atoms with van der Waals surface area (Å²) in [5, 5.41) is 5.01. The Balaban J connectivity index is 1.44. The van der Waals surface area contributed by atoms with Gasteiger partial charge in [-0.15, -0.1) is 0 Å². The smallest absolute Gasteiger partial charge is 0.253 e.